The van der Waals surface area contributed by atoms with Crippen molar-refractivity contribution in [3.8, 4) is 11.8 Å². The number of benzene rings is 1. The molecule has 3 heterocycles. The Hall–Kier alpha value is -3.16. The van der Waals surface area contributed by atoms with Gasteiger partial charge in [-0.3, -0.25) is 9.59 Å². The predicted molar refractivity (Wildman–Crippen MR) is 101 cm³/mol. The molecule has 0 bridgehead atoms. The molecule has 0 spiro atoms. The van der Waals surface area contributed by atoms with Crippen molar-refractivity contribution in [3.63, 3.8) is 0 Å². The molecule has 2 fully saturated rings. The highest BCUT2D eigenvalue weighted by molar-refractivity contribution is 6.00. The van der Waals surface area contributed by atoms with Crippen molar-refractivity contribution >= 4 is 17.5 Å². The quantitative estimate of drug-likeness (QED) is 0.780. The SMILES string of the molecule is COc1ccc(OC2CCN(C(=O)C3CC(=O)N(c4ccccc4)C3)C2)nn1. The molecule has 8 nitrogen and oxygen atoms in total. The van der Waals surface area contributed by atoms with E-state index in [1.165, 1.54) is 7.11 Å². The minimum absolute atomic E-state index is 0.00921. The lowest BCUT2D eigenvalue weighted by Crippen LogP contribution is -2.37. The zero-order chi connectivity index (χ0) is 19.5. The number of likely N-dealkylation sites (tertiary alicyclic amines) is 1. The summed E-state index contributed by atoms with van der Waals surface area (Å²) in [5.74, 6) is 0.520. The minimum atomic E-state index is -0.313. The number of aromatic nitrogens is 2. The summed E-state index contributed by atoms with van der Waals surface area (Å²) in [5, 5.41) is 7.84. The molecular formula is C20H22N4O4. The van der Waals surface area contributed by atoms with Crippen LogP contribution in [0.4, 0.5) is 5.69 Å². The monoisotopic (exact) mass is 382 g/mol. The van der Waals surface area contributed by atoms with Crippen molar-refractivity contribution in [2.45, 2.75) is 18.9 Å². The van der Waals surface area contributed by atoms with Crippen molar-refractivity contribution < 1.29 is 19.1 Å². The summed E-state index contributed by atoms with van der Waals surface area (Å²) in [6, 6.07) is 12.8. The number of hydrogen-bond donors (Lipinski definition) is 0. The molecule has 2 aliphatic rings. The van der Waals surface area contributed by atoms with Gasteiger partial charge in [-0.2, -0.15) is 0 Å². The fourth-order valence-electron chi connectivity index (χ4n) is 3.66. The second kappa shape index (κ2) is 7.84. The first-order valence-electron chi connectivity index (χ1n) is 9.32. The summed E-state index contributed by atoms with van der Waals surface area (Å²) >= 11 is 0. The number of methoxy groups -OCH3 is 1. The molecule has 2 unspecified atom stereocenters. The summed E-state index contributed by atoms with van der Waals surface area (Å²) in [6.45, 7) is 1.53. The van der Waals surface area contributed by atoms with E-state index in [2.05, 4.69) is 10.2 Å². The predicted octanol–water partition coefficient (Wildman–Crippen LogP) is 1.52. The number of amides is 2. The number of nitrogens with zero attached hydrogens (tertiary/aromatic N) is 4. The van der Waals surface area contributed by atoms with E-state index in [0.29, 0.717) is 31.4 Å². The van der Waals surface area contributed by atoms with E-state index in [-0.39, 0.29) is 30.3 Å². The summed E-state index contributed by atoms with van der Waals surface area (Å²) in [5.41, 5.74) is 0.837. The summed E-state index contributed by atoms with van der Waals surface area (Å²) in [6.07, 6.45) is 0.844. The van der Waals surface area contributed by atoms with Crippen molar-refractivity contribution in [2.75, 3.05) is 31.6 Å². The molecule has 2 atom stereocenters. The lowest BCUT2D eigenvalue weighted by atomic mass is 10.1. The van der Waals surface area contributed by atoms with Gasteiger partial charge in [0.15, 0.2) is 0 Å². The van der Waals surface area contributed by atoms with Crippen LogP contribution in [-0.2, 0) is 9.59 Å². The molecule has 0 aliphatic carbocycles. The molecule has 0 N–H and O–H groups in total. The van der Waals surface area contributed by atoms with Gasteiger partial charge in [-0.05, 0) is 12.1 Å². The van der Waals surface area contributed by atoms with E-state index < -0.39 is 0 Å². The molecule has 1 aromatic carbocycles. The second-order valence-electron chi connectivity index (χ2n) is 6.97. The number of hydrogen-bond acceptors (Lipinski definition) is 6. The third-order valence-corrected chi connectivity index (χ3v) is 5.11. The first-order valence-corrected chi connectivity index (χ1v) is 9.32. The molecule has 2 saturated heterocycles. The zero-order valence-corrected chi connectivity index (χ0v) is 15.7. The molecule has 28 heavy (non-hydrogen) atoms. The van der Waals surface area contributed by atoms with Gasteiger partial charge in [-0.15, -0.1) is 10.2 Å². The average molecular weight is 382 g/mol. The van der Waals surface area contributed by atoms with E-state index in [0.717, 1.165) is 12.1 Å². The lowest BCUT2D eigenvalue weighted by molar-refractivity contribution is -0.135. The van der Waals surface area contributed by atoms with E-state index in [1.807, 2.05) is 30.3 Å². The molecule has 0 radical (unpaired) electrons. The summed E-state index contributed by atoms with van der Waals surface area (Å²) in [4.78, 5) is 28.7. The summed E-state index contributed by atoms with van der Waals surface area (Å²) < 4.78 is 10.8. The van der Waals surface area contributed by atoms with Gasteiger partial charge in [0.25, 0.3) is 0 Å². The maximum Gasteiger partial charge on any atom is 0.233 e. The van der Waals surface area contributed by atoms with E-state index in [9.17, 15) is 9.59 Å². The average Bonchev–Trinajstić information content (AvgIpc) is 3.35. The molecule has 8 heteroatoms. The van der Waals surface area contributed by atoms with Crippen LogP contribution in [-0.4, -0.2) is 59.8 Å². The minimum Gasteiger partial charge on any atom is -0.480 e. The van der Waals surface area contributed by atoms with E-state index in [1.54, 1.807) is 21.9 Å². The molecule has 0 saturated carbocycles. The van der Waals surface area contributed by atoms with Crippen molar-refractivity contribution in [3.05, 3.63) is 42.5 Å². The van der Waals surface area contributed by atoms with Crippen molar-refractivity contribution in [2.24, 2.45) is 5.92 Å². The van der Waals surface area contributed by atoms with Gasteiger partial charge < -0.3 is 19.3 Å². The normalized spacial score (nSPS) is 21.8. The van der Waals surface area contributed by atoms with Gasteiger partial charge >= 0.3 is 0 Å². The van der Waals surface area contributed by atoms with Gasteiger partial charge in [-0.25, -0.2) is 0 Å². The first kappa shape index (κ1) is 18.2. The number of ether oxygens (including phenoxy) is 2. The fraction of sp³-hybridized carbons (Fsp3) is 0.400. The molecule has 1 aromatic heterocycles. The van der Waals surface area contributed by atoms with Crippen molar-refractivity contribution in [1.29, 1.82) is 0 Å². The smallest absolute Gasteiger partial charge is 0.233 e. The molecule has 2 amide bonds. The van der Waals surface area contributed by atoms with Crippen LogP contribution in [0.15, 0.2) is 42.5 Å². The number of carbonyl (C=O) groups is 2. The first-order chi connectivity index (χ1) is 13.6. The number of carbonyl (C=O) groups excluding carboxylic acids is 2. The molecule has 146 valence electrons. The van der Waals surface area contributed by atoms with Crippen LogP contribution in [0.1, 0.15) is 12.8 Å². The van der Waals surface area contributed by atoms with Crippen molar-refractivity contribution in [1.82, 2.24) is 15.1 Å². The Morgan fingerprint density at radius 2 is 1.82 bits per heavy atom. The van der Waals surface area contributed by atoms with Crippen LogP contribution >= 0.6 is 0 Å². The highest BCUT2D eigenvalue weighted by Gasteiger charge is 2.39. The van der Waals surface area contributed by atoms with E-state index >= 15 is 0 Å². The number of para-hydroxylation sites is 1. The van der Waals surface area contributed by atoms with Crippen LogP contribution in [0.3, 0.4) is 0 Å². The Morgan fingerprint density at radius 1 is 1.07 bits per heavy atom. The Kier molecular flexibility index (Phi) is 5.10. The standard InChI is InChI=1S/C20H22N4O4/c1-27-17-7-8-18(22-21-17)28-16-9-10-23(13-16)20(26)14-11-19(25)24(12-14)15-5-3-2-4-6-15/h2-8,14,16H,9-13H2,1H3. The molecule has 4 rings (SSSR count). The van der Waals surface area contributed by atoms with Gasteiger partial charge in [-0.1, -0.05) is 18.2 Å². The Morgan fingerprint density at radius 3 is 2.54 bits per heavy atom. The third-order valence-electron chi connectivity index (χ3n) is 5.11. The Bertz CT molecular complexity index is 843. The Balaban J connectivity index is 1.34. The highest BCUT2D eigenvalue weighted by Crippen LogP contribution is 2.27. The fourth-order valence-corrected chi connectivity index (χ4v) is 3.66. The van der Waals surface area contributed by atoms with Gasteiger partial charge in [0.1, 0.15) is 6.10 Å². The maximum atomic E-state index is 12.9. The van der Waals surface area contributed by atoms with Crippen LogP contribution in [0.2, 0.25) is 0 Å². The lowest BCUT2D eigenvalue weighted by Gasteiger charge is -2.21. The zero-order valence-electron chi connectivity index (χ0n) is 15.7. The number of rotatable bonds is 5. The van der Waals surface area contributed by atoms with Crippen LogP contribution in [0.5, 0.6) is 11.8 Å². The molecular weight excluding hydrogens is 360 g/mol. The third kappa shape index (κ3) is 3.76. The number of anilines is 1. The van der Waals surface area contributed by atoms with Crippen LogP contribution in [0.25, 0.3) is 0 Å². The highest BCUT2D eigenvalue weighted by atomic mass is 16.5. The molecule has 2 aliphatic heterocycles. The van der Waals surface area contributed by atoms with Crippen LogP contribution in [0, 0.1) is 5.92 Å². The second-order valence-corrected chi connectivity index (χ2v) is 6.97. The topological polar surface area (TPSA) is 84.9 Å². The maximum absolute atomic E-state index is 12.9. The van der Waals surface area contributed by atoms with Gasteiger partial charge in [0.2, 0.25) is 23.6 Å². The van der Waals surface area contributed by atoms with Gasteiger partial charge in [0, 0.05) is 43.8 Å². The summed E-state index contributed by atoms with van der Waals surface area (Å²) in [7, 11) is 1.53. The van der Waals surface area contributed by atoms with Crippen LogP contribution < -0.4 is 14.4 Å². The molecule has 2 aromatic rings. The largest absolute Gasteiger partial charge is 0.480 e. The Labute approximate surface area is 163 Å². The van der Waals surface area contributed by atoms with E-state index in [4.69, 9.17) is 9.47 Å². The van der Waals surface area contributed by atoms with Gasteiger partial charge in [0.05, 0.1) is 19.6 Å².